The zero-order valence-corrected chi connectivity index (χ0v) is 15.1. The number of rotatable bonds is 3. The third kappa shape index (κ3) is 11.6. The standard InChI is InChI=1S/C7H18N4.C6H15N3/c1-7(8-9(2)3)11(6)10(4)5;1-6(8(2)3)7-9(4)5/h1-6H3;1-5H3/b8-7-;7-6-. The first-order valence-electron chi connectivity index (χ1n) is 6.52. The zero-order chi connectivity index (χ0) is 16.5. The van der Waals surface area contributed by atoms with Crippen LogP contribution in [0.2, 0.25) is 0 Å². The summed E-state index contributed by atoms with van der Waals surface area (Å²) in [5.41, 5.74) is 0. The normalized spacial score (nSPS) is 11.8. The molecule has 0 aliphatic rings. The van der Waals surface area contributed by atoms with Crippen LogP contribution in [0.4, 0.5) is 0 Å². The van der Waals surface area contributed by atoms with Crippen LogP contribution in [0.15, 0.2) is 10.2 Å². The second-order valence-corrected chi connectivity index (χ2v) is 5.25. The van der Waals surface area contributed by atoms with Crippen molar-refractivity contribution in [1.82, 2.24) is 24.9 Å². The van der Waals surface area contributed by atoms with Crippen molar-refractivity contribution in [2.24, 2.45) is 10.2 Å². The van der Waals surface area contributed by atoms with Crippen molar-refractivity contribution in [1.29, 1.82) is 0 Å². The predicted molar refractivity (Wildman–Crippen MR) is 88.7 cm³/mol. The quantitative estimate of drug-likeness (QED) is 0.435. The molecule has 0 saturated carbocycles. The second-order valence-electron chi connectivity index (χ2n) is 5.25. The van der Waals surface area contributed by atoms with Crippen molar-refractivity contribution in [2.45, 2.75) is 13.8 Å². The molecule has 0 aliphatic carbocycles. The van der Waals surface area contributed by atoms with Crippen molar-refractivity contribution >= 4 is 11.7 Å². The van der Waals surface area contributed by atoms with E-state index in [1.807, 2.05) is 92.2 Å². The Hall–Kier alpha value is -1.50. The average Bonchev–Trinajstić information content (AvgIpc) is 2.26. The number of hydrazone groups is 2. The van der Waals surface area contributed by atoms with Crippen molar-refractivity contribution < 1.29 is 0 Å². The minimum absolute atomic E-state index is 0.972. The first kappa shape index (κ1) is 20.8. The molecule has 0 saturated heterocycles. The maximum Gasteiger partial charge on any atom is 0.135 e. The highest BCUT2D eigenvalue weighted by Crippen LogP contribution is 1.90. The third-order valence-corrected chi connectivity index (χ3v) is 2.40. The lowest BCUT2D eigenvalue weighted by atomic mass is 10.6. The van der Waals surface area contributed by atoms with Crippen LogP contribution in [-0.2, 0) is 0 Å². The van der Waals surface area contributed by atoms with E-state index in [1.54, 1.807) is 10.0 Å². The van der Waals surface area contributed by atoms with Crippen LogP contribution in [0.25, 0.3) is 0 Å². The van der Waals surface area contributed by atoms with Crippen molar-refractivity contribution in [2.75, 3.05) is 63.4 Å². The Morgan fingerprint density at radius 1 is 0.600 bits per heavy atom. The van der Waals surface area contributed by atoms with E-state index in [2.05, 4.69) is 10.2 Å². The summed E-state index contributed by atoms with van der Waals surface area (Å²) in [7, 11) is 17.5. The van der Waals surface area contributed by atoms with E-state index in [4.69, 9.17) is 0 Å². The summed E-state index contributed by atoms with van der Waals surface area (Å²) < 4.78 is 0. The molecule has 0 bridgehead atoms. The molecular formula is C13H33N7. The van der Waals surface area contributed by atoms with Gasteiger partial charge in [-0.1, -0.05) is 0 Å². The second kappa shape index (κ2) is 10.3. The maximum absolute atomic E-state index is 4.23. The van der Waals surface area contributed by atoms with Gasteiger partial charge in [-0.3, -0.25) is 5.01 Å². The van der Waals surface area contributed by atoms with Crippen LogP contribution in [0.5, 0.6) is 0 Å². The molecule has 7 heteroatoms. The lowest BCUT2D eigenvalue weighted by Gasteiger charge is -2.26. The van der Waals surface area contributed by atoms with Crippen LogP contribution in [-0.4, -0.2) is 100 Å². The van der Waals surface area contributed by atoms with E-state index in [0.717, 1.165) is 11.7 Å². The number of hydrogen-bond acceptors (Lipinski definition) is 5. The number of nitrogens with zero attached hydrogens (tertiary/aromatic N) is 7. The molecule has 7 nitrogen and oxygen atoms in total. The highest BCUT2D eigenvalue weighted by atomic mass is 15.6. The van der Waals surface area contributed by atoms with E-state index >= 15 is 0 Å². The SMILES string of the molecule is C/C(=N/N(C)C)N(C)C.C/C(=N/N(C)C)N(C)N(C)C. The number of hydrogen-bond donors (Lipinski definition) is 0. The fourth-order valence-electron chi connectivity index (χ4n) is 1.02. The number of amidine groups is 2. The van der Waals surface area contributed by atoms with Gasteiger partial charge >= 0.3 is 0 Å². The minimum Gasteiger partial charge on any atom is -0.365 e. The minimum atomic E-state index is 0.972. The Kier molecular flexibility index (Phi) is 10.7. The van der Waals surface area contributed by atoms with Gasteiger partial charge in [-0.2, -0.15) is 10.2 Å². The molecule has 0 aromatic rings. The van der Waals surface area contributed by atoms with Gasteiger partial charge in [0.2, 0.25) is 0 Å². The summed E-state index contributed by atoms with van der Waals surface area (Å²) in [5.74, 6) is 1.99. The summed E-state index contributed by atoms with van der Waals surface area (Å²) in [6.45, 7) is 3.94. The molecule has 0 rings (SSSR count). The van der Waals surface area contributed by atoms with Gasteiger partial charge in [0.1, 0.15) is 11.7 Å². The van der Waals surface area contributed by atoms with Gasteiger partial charge < -0.3 is 14.9 Å². The molecule has 0 spiro atoms. The Morgan fingerprint density at radius 2 is 0.950 bits per heavy atom. The van der Waals surface area contributed by atoms with Crippen LogP contribution in [0.1, 0.15) is 13.8 Å². The molecule has 0 amide bonds. The van der Waals surface area contributed by atoms with E-state index in [-0.39, 0.29) is 0 Å². The molecule has 0 unspecified atom stereocenters. The van der Waals surface area contributed by atoms with E-state index in [0.29, 0.717) is 0 Å². The fraction of sp³-hybridized carbons (Fsp3) is 0.846. The first-order valence-corrected chi connectivity index (χ1v) is 6.52. The Bertz CT molecular complexity index is 306. The molecule has 0 aromatic carbocycles. The topological polar surface area (TPSA) is 40.9 Å². The number of hydrazine groups is 1. The van der Waals surface area contributed by atoms with Crippen molar-refractivity contribution in [3.63, 3.8) is 0 Å². The van der Waals surface area contributed by atoms with Gasteiger partial charge in [0, 0.05) is 63.4 Å². The van der Waals surface area contributed by atoms with E-state index in [1.165, 1.54) is 0 Å². The maximum atomic E-state index is 4.23. The van der Waals surface area contributed by atoms with Gasteiger partial charge in [-0.25, -0.2) is 5.01 Å². The van der Waals surface area contributed by atoms with Gasteiger partial charge in [0.15, 0.2) is 0 Å². The molecule has 120 valence electrons. The third-order valence-electron chi connectivity index (χ3n) is 2.40. The zero-order valence-electron chi connectivity index (χ0n) is 15.1. The summed E-state index contributed by atoms with van der Waals surface area (Å²) in [4.78, 5) is 1.97. The van der Waals surface area contributed by atoms with Gasteiger partial charge in [0.05, 0.1) is 0 Å². The van der Waals surface area contributed by atoms with Crippen LogP contribution in [0, 0.1) is 0 Å². The summed E-state index contributed by atoms with van der Waals surface area (Å²) in [5, 5.41) is 15.9. The highest BCUT2D eigenvalue weighted by molar-refractivity contribution is 5.79. The molecule has 0 aliphatic heterocycles. The monoisotopic (exact) mass is 287 g/mol. The Balaban J connectivity index is 0. The molecule has 0 radical (unpaired) electrons. The van der Waals surface area contributed by atoms with E-state index in [9.17, 15) is 0 Å². The van der Waals surface area contributed by atoms with Crippen molar-refractivity contribution in [3.05, 3.63) is 0 Å². The van der Waals surface area contributed by atoms with E-state index < -0.39 is 0 Å². The molecule has 0 fully saturated rings. The lowest BCUT2D eigenvalue weighted by molar-refractivity contribution is 0.140. The van der Waals surface area contributed by atoms with Crippen LogP contribution in [0.3, 0.4) is 0 Å². The Labute approximate surface area is 125 Å². The predicted octanol–water partition coefficient (Wildman–Crippen LogP) is 0.733. The molecule has 0 atom stereocenters. The fourth-order valence-corrected chi connectivity index (χ4v) is 1.02. The largest absolute Gasteiger partial charge is 0.365 e. The van der Waals surface area contributed by atoms with Gasteiger partial charge in [-0.05, 0) is 13.8 Å². The molecule has 0 heterocycles. The molecule has 0 N–H and O–H groups in total. The smallest absolute Gasteiger partial charge is 0.135 e. The summed E-state index contributed by atoms with van der Waals surface area (Å²) in [6, 6.07) is 0. The van der Waals surface area contributed by atoms with Gasteiger partial charge in [0.25, 0.3) is 0 Å². The van der Waals surface area contributed by atoms with Crippen LogP contribution < -0.4 is 0 Å². The summed E-state index contributed by atoms with van der Waals surface area (Å²) >= 11 is 0. The molecular weight excluding hydrogens is 254 g/mol. The summed E-state index contributed by atoms with van der Waals surface area (Å²) in [6.07, 6.45) is 0. The lowest BCUT2D eigenvalue weighted by Crippen LogP contribution is -2.37. The average molecular weight is 287 g/mol. The Morgan fingerprint density at radius 3 is 1.15 bits per heavy atom. The highest BCUT2D eigenvalue weighted by Gasteiger charge is 2.01. The molecule has 20 heavy (non-hydrogen) atoms. The van der Waals surface area contributed by atoms with Gasteiger partial charge in [-0.15, -0.1) is 0 Å². The molecule has 0 aromatic heterocycles. The van der Waals surface area contributed by atoms with Crippen molar-refractivity contribution in [3.8, 4) is 0 Å². The first-order chi connectivity index (χ1) is 8.98. The van der Waals surface area contributed by atoms with Crippen LogP contribution >= 0.6 is 0 Å².